The lowest BCUT2D eigenvalue weighted by Gasteiger charge is -2.50. The van der Waals surface area contributed by atoms with Gasteiger partial charge in [0.25, 0.3) is 0 Å². The minimum Gasteiger partial charge on any atom is -0.376 e. The molecule has 4 nitrogen and oxygen atoms in total. The number of alkyl halides is 3. The molecular weight excluding hydrogens is 283 g/mol. The van der Waals surface area contributed by atoms with E-state index >= 15 is 0 Å². The Morgan fingerprint density at radius 3 is 2.24 bits per heavy atom. The van der Waals surface area contributed by atoms with E-state index < -0.39 is 17.8 Å². The van der Waals surface area contributed by atoms with Crippen molar-refractivity contribution >= 4 is 0 Å². The summed E-state index contributed by atoms with van der Waals surface area (Å²) in [6.45, 7) is 0. The molecule has 3 aliphatic carbocycles. The van der Waals surface area contributed by atoms with Crippen molar-refractivity contribution in [3.8, 4) is 0 Å². The highest BCUT2D eigenvalue weighted by Gasteiger charge is 2.63. The maximum atomic E-state index is 13.3. The van der Waals surface area contributed by atoms with E-state index in [2.05, 4.69) is 10.0 Å². The average molecular weight is 303 g/mol. The van der Waals surface area contributed by atoms with E-state index in [1.54, 1.807) is 0 Å². The van der Waals surface area contributed by atoms with Gasteiger partial charge in [-0.3, -0.25) is 0 Å². The fourth-order valence-corrected chi connectivity index (χ4v) is 5.37. The molecule has 3 saturated carbocycles. The molecule has 3 aliphatic rings. The summed E-state index contributed by atoms with van der Waals surface area (Å²) >= 11 is 0. The van der Waals surface area contributed by atoms with Crippen molar-refractivity contribution in [2.75, 3.05) is 0 Å². The summed E-state index contributed by atoms with van der Waals surface area (Å²) in [5.41, 5.74) is 5.26. The van der Waals surface area contributed by atoms with Crippen LogP contribution < -0.4 is 0 Å². The van der Waals surface area contributed by atoms with Crippen LogP contribution in [0.3, 0.4) is 0 Å². The maximum Gasteiger partial charge on any atom is 0.423 e. The number of rotatable bonds is 2. The Labute approximate surface area is 121 Å². The second-order valence-corrected chi connectivity index (χ2v) is 6.87. The summed E-state index contributed by atoms with van der Waals surface area (Å²) in [5.74, 6) is 0.123. The molecule has 6 unspecified atom stereocenters. The van der Waals surface area contributed by atoms with Gasteiger partial charge in [0.2, 0.25) is 5.72 Å². The SMILES string of the molecule is [N-]=[N+]=NC(O)(C1CCC2CCC3CCCC1C32)C(F)(F)F. The predicted octanol–water partition coefficient (Wildman–Crippen LogP) is 4.40. The van der Waals surface area contributed by atoms with Crippen molar-refractivity contribution in [1.82, 2.24) is 0 Å². The zero-order valence-corrected chi connectivity index (χ0v) is 11.8. The van der Waals surface area contributed by atoms with E-state index in [0.717, 1.165) is 25.7 Å². The molecule has 3 fully saturated rings. The van der Waals surface area contributed by atoms with Crippen molar-refractivity contribution in [2.24, 2.45) is 34.7 Å². The van der Waals surface area contributed by atoms with Gasteiger partial charge in [-0.05, 0) is 66.4 Å². The minimum atomic E-state index is -4.91. The molecule has 0 heterocycles. The first-order valence-electron chi connectivity index (χ1n) is 7.74. The number of halogens is 3. The molecule has 6 atom stereocenters. The van der Waals surface area contributed by atoms with Crippen LogP contribution >= 0.6 is 0 Å². The molecule has 0 bridgehead atoms. The van der Waals surface area contributed by atoms with Crippen molar-refractivity contribution in [1.29, 1.82) is 0 Å². The largest absolute Gasteiger partial charge is 0.423 e. The van der Waals surface area contributed by atoms with Crippen molar-refractivity contribution in [2.45, 2.75) is 56.8 Å². The molecule has 21 heavy (non-hydrogen) atoms. The van der Waals surface area contributed by atoms with Gasteiger partial charge >= 0.3 is 6.18 Å². The van der Waals surface area contributed by atoms with Gasteiger partial charge in [0, 0.05) is 10.8 Å². The van der Waals surface area contributed by atoms with Crippen LogP contribution in [0.1, 0.15) is 44.9 Å². The van der Waals surface area contributed by atoms with Crippen LogP contribution in [0.4, 0.5) is 13.2 Å². The second-order valence-electron chi connectivity index (χ2n) is 6.87. The number of hydrogen-bond acceptors (Lipinski definition) is 2. The van der Waals surface area contributed by atoms with Crippen LogP contribution in [0.5, 0.6) is 0 Å². The summed E-state index contributed by atoms with van der Waals surface area (Å²) in [4.78, 5) is 2.30. The Balaban J connectivity index is 1.95. The standard InChI is InChI=1S/C14H20F3N3O/c15-14(16,17)13(21,19-20-18)11-7-6-9-5-4-8-2-1-3-10(11)12(8)9/h8-12,21H,1-7H2. The van der Waals surface area contributed by atoms with E-state index in [0.29, 0.717) is 31.1 Å². The maximum absolute atomic E-state index is 13.3. The monoisotopic (exact) mass is 303 g/mol. The Kier molecular flexibility index (Phi) is 3.61. The Bertz CT molecular complexity index is 457. The highest BCUT2D eigenvalue weighted by molar-refractivity contribution is 5.04. The summed E-state index contributed by atoms with van der Waals surface area (Å²) in [5, 5.41) is 13.0. The molecule has 3 rings (SSSR count). The molecule has 7 heteroatoms. The normalized spacial score (nSPS) is 41.8. The van der Waals surface area contributed by atoms with Crippen LogP contribution in [0.25, 0.3) is 10.4 Å². The van der Waals surface area contributed by atoms with Crippen LogP contribution in [-0.2, 0) is 0 Å². The van der Waals surface area contributed by atoms with E-state index in [4.69, 9.17) is 5.53 Å². The van der Waals surface area contributed by atoms with Gasteiger partial charge in [-0.15, -0.1) is 0 Å². The fourth-order valence-electron chi connectivity index (χ4n) is 5.37. The first-order valence-corrected chi connectivity index (χ1v) is 7.74. The summed E-state index contributed by atoms with van der Waals surface area (Å²) in [6, 6.07) is 0. The smallest absolute Gasteiger partial charge is 0.376 e. The van der Waals surface area contributed by atoms with Gasteiger partial charge in [0.05, 0.1) is 0 Å². The van der Waals surface area contributed by atoms with Gasteiger partial charge < -0.3 is 5.11 Å². The third kappa shape index (κ3) is 2.21. The first kappa shape index (κ1) is 15.0. The molecule has 1 N–H and O–H groups in total. The molecule has 0 aliphatic heterocycles. The van der Waals surface area contributed by atoms with Crippen LogP contribution in [-0.4, -0.2) is 17.0 Å². The minimum absolute atomic E-state index is 0.165. The summed E-state index contributed by atoms with van der Waals surface area (Å²) < 4.78 is 40.0. The molecule has 0 amide bonds. The predicted molar refractivity (Wildman–Crippen MR) is 69.9 cm³/mol. The zero-order valence-electron chi connectivity index (χ0n) is 11.8. The van der Waals surface area contributed by atoms with Gasteiger partial charge in [0.15, 0.2) is 0 Å². The van der Waals surface area contributed by atoms with Gasteiger partial charge in [-0.2, -0.15) is 13.2 Å². The molecular formula is C14H20F3N3O. The Morgan fingerprint density at radius 2 is 1.62 bits per heavy atom. The van der Waals surface area contributed by atoms with Crippen LogP contribution in [0.15, 0.2) is 5.11 Å². The van der Waals surface area contributed by atoms with Gasteiger partial charge in [-0.25, -0.2) is 0 Å². The lowest BCUT2D eigenvalue weighted by molar-refractivity contribution is -0.291. The molecule has 0 aromatic heterocycles. The molecule has 0 spiro atoms. The highest BCUT2D eigenvalue weighted by Crippen LogP contribution is 2.59. The van der Waals surface area contributed by atoms with E-state index in [1.165, 1.54) is 0 Å². The van der Waals surface area contributed by atoms with E-state index in [1.807, 2.05) is 0 Å². The molecule has 0 radical (unpaired) electrons. The number of hydrogen-bond donors (Lipinski definition) is 1. The Morgan fingerprint density at radius 1 is 1.00 bits per heavy atom. The summed E-state index contributed by atoms with van der Waals surface area (Å²) in [7, 11) is 0. The quantitative estimate of drug-likeness (QED) is 0.458. The fraction of sp³-hybridized carbons (Fsp3) is 1.00. The van der Waals surface area contributed by atoms with E-state index in [-0.39, 0.29) is 11.8 Å². The lowest BCUT2D eigenvalue weighted by atomic mass is 9.58. The number of azide groups is 1. The topological polar surface area (TPSA) is 69.0 Å². The third-order valence-corrected chi connectivity index (χ3v) is 6.10. The molecule has 0 aromatic rings. The highest BCUT2D eigenvalue weighted by atomic mass is 19.4. The number of nitrogens with zero attached hydrogens (tertiary/aromatic N) is 3. The summed E-state index contributed by atoms with van der Waals surface area (Å²) in [6.07, 6.45) is 1.02. The second kappa shape index (κ2) is 5.06. The Hall–Kier alpha value is -0.940. The van der Waals surface area contributed by atoms with Crippen LogP contribution in [0.2, 0.25) is 0 Å². The number of aliphatic hydroxyl groups is 1. The van der Waals surface area contributed by atoms with E-state index in [9.17, 15) is 18.3 Å². The lowest BCUT2D eigenvalue weighted by Crippen LogP contribution is -2.55. The van der Waals surface area contributed by atoms with Crippen molar-refractivity contribution in [3.63, 3.8) is 0 Å². The molecule has 0 saturated heterocycles. The third-order valence-electron chi connectivity index (χ3n) is 6.10. The van der Waals surface area contributed by atoms with Crippen LogP contribution in [0, 0.1) is 29.6 Å². The first-order chi connectivity index (χ1) is 9.88. The van der Waals surface area contributed by atoms with Gasteiger partial charge in [-0.1, -0.05) is 12.8 Å². The molecule has 118 valence electrons. The van der Waals surface area contributed by atoms with Crippen molar-refractivity contribution < 1.29 is 18.3 Å². The molecule has 0 aromatic carbocycles. The zero-order chi connectivity index (χ0) is 15.3. The average Bonchev–Trinajstić information content (AvgIpc) is 2.84. The van der Waals surface area contributed by atoms with Gasteiger partial charge in [0.1, 0.15) is 0 Å². The van der Waals surface area contributed by atoms with Crippen molar-refractivity contribution in [3.05, 3.63) is 10.4 Å².